The van der Waals surface area contributed by atoms with Crippen LogP contribution in [-0.2, 0) is 6.54 Å². The van der Waals surface area contributed by atoms with Crippen LogP contribution in [0.2, 0.25) is 0 Å². The van der Waals surface area contributed by atoms with Gasteiger partial charge in [-0.1, -0.05) is 20.3 Å². The summed E-state index contributed by atoms with van der Waals surface area (Å²) in [5.74, 6) is 1.33. The molecule has 1 aromatic rings. The molecule has 1 aliphatic carbocycles. The first-order chi connectivity index (χ1) is 10.2. The first kappa shape index (κ1) is 16.3. The van der Waals surface area contributed by atoms with Gasteiger partial charge in [0.25, 0.3) is 0 Å². The van der Waals surface area contributed by atoms with E-state index in [0.717, 1.165) is 37.3 Å². The van der Waals surface area contributed by atoms with Gasteiger partial charge in [-0.05, 0) is 62.3 Å². The van der Waals surface area contributed by atoms with Gasteiger partial charge in [-0.25, -0.2) is 4.39 Å². The summed E-state index contributed by atoms with van der Waals surface area (Å²) in [7, 11) is 0. The van der Waals surface area contributed by atoms with E-state index in [9.17, 15) is 4.39 Å². The van der Waals surface area contributed by atoms with Gasteiger partial charge in [0.05, 0.1) is 6.10 Å². The summed E-state index contributed by atoms with van der Waals surface area (Å²) < 4.78 is 19.7. The van der Waals surface area contributed by atoms with E-state index >= 15 is 0 Å². The van der Waals surface area contributed by atoms with Crippen molar-refractivity contribution in [2.24, 2.45) is 5.92 Å². The van der Waals surface area contributed by atoms with Gasteiger partial charge >= 0.3 is 0 Å². The summed E-state index contributed by atoms with van der Waals surface area (Å²) in [4.78, 5) is 0. The van der Waals surface area contributed by atoms with Crippen LogP contribution in [0.3, 0.4) is 0 Å². The van der Waals surface area contributed by atoms with Crippen LogP contribution in [0.25, 0.3) is 0 Å². The van der Waals surface area contributed by atoms with E-state index < -0.39 is 0 Å². The predicted molar refractivity (Wildman–Crippen MR) is 85.1 cm³/mol. The summed E-state index contributed by atoms with van der Waals surface area (Å²) in [6.45, 7) is 6.03. The third kappa shape index (κ3) is 5.31. The molecule has 0 saturated heterocycles. The largest absolute Gasteiger partial charge is 0.490 e. The molecular weight excluding hydrogens is 265 g/mol. The molecule has 21 heavy (non-hydrogen) atoms. The number of ether oxygens (including phenoxy) is 1. The first-order valence-corrected chi connectivity index (χ1v) is 8.38. The lowest BCUT2D eigenvalue weighted by Gasteiger charge is -2.28. The highest BCUT2D eigenvalue weighted by molar-refractivity contribution is 5.29. The van der Waals surface area contributed by atoms with Crippen molar-refractivity contribution in [2.75, 3.05) is 6.54 Å². The Kier molecular flexibility index (Phi) is 6.50. The van der Waals surface area contributed by atoms with Crippen molar-refractivity contribution in [1.29, 1.82) is 0 Å². The normalized spacial score (nSPS) is 22.2. The zero-order valence-corrected chi connectivity index (χ0v) is 13.3. The Hall–Kier alpha value is -1.09. The molecule has 0 spiro atoms. The Morgan fingerprint density at radius 1 is 1.14 bits per heavy atom. The molecule has 1 N–H and O–H groups in total. The molecule has 2 nitrogen and oxygen atoms in total. The van der Waals surface area contributed by atoms with E-state index in [0.29, 0.717) is 12.3 Å². The number of rotatable bonds is 7. The lowest BCUT2D eigenvalue weighted by atomic mass is 9.86. The molecule has 0 amide bonds. The molecule has 0 unspecified atom stereocenters. The molecular formula is C18H28FNO. The van der Waals surface area contributed by atoms with E-state index in [-0.39, 0.29) is 11.9 Å². The van der Waals surface area contributed by atoms with Crippen LogP contribution >= 0.6 is 0 Å². The van der Waals surface area contributed by atoms with Crippen molar-refractivity contribution in [3.8, 4) is 5.75 Å². The van der Waals surface area contributed by atoms with Crippen molar-refractivity contribution in [1.82, 2.24) is 5.32 Å². The van der Waals surface area contributed by atoms with Crippen molar-refractivity contribution < 1.29 is 9.13 Å². The molecule has 0 atom stereocenters. The second-order valence-corrected chi connectivity index (χ2v) is 6.14. The third-order valence-electron chi connectivity index (χ3n) is 4.36. The van der Waals surface area contributed by atoms with Crippen molar-refractivity contribution in [3.05, 3.63) is 29.6 Å². The average Bonchev–Trinajstić information content (AvgIpc) is 2.48. The lowest BCUT2D eigenvalue weighted by Crippen LogP contribution is -2.24. The Morgan fingerprint density at radius 2 is 1.90 bits per heavy atom. The molecule has 0 aliphatic heterocycles. The number of halogens is 1. The molecule has 1 saturated carbocycles. The fourth-order valence-electron chi connectivity index (χ4n) is 3.05. The summed E-state index contributed by atoms with van der Waals surface area (Å²) in [6.07, 6.45) is 7.27. The standard InChI is InChI=1S/C18H28FNO/c1-3-9-20-13-15-10-16(19)12-18(11-15)21-17-7-5-14(4-2)6-8-17/h10-12,14,17,20H,3-9,13H2,1-2H3. The topological polar surface area (TPSA) is 21.3 Å². The minimum absolute atomic E-state index is 0.206. The van der Waals surface area contributed by atoms with Gasteiger partial charge in [0.15, 0.2) is 0 Å². The Morgan fingerprint density at radius 3 is 2.57 bits per heavy atom. The van der Waals surface area contributed by atoms with Gasteiger partial charge in [0.1, 0.15) is 11.6 Å². The fraction of sp³-hybridized carbons (Fsp3) is 0.667. The molecule has 0 bridgehead atoms. The van der Waals surface area contributed by atoms with E-state index in [1.807, 2.05) is 6.07 Å². The van der Waals surface area contributed by atoms with E-state index in [1.165, 1.54) is 25.3 Å². The SMILES string of the molecule is CCCNCc1cc(F)cc(OC2CCC(CC)CC2)c1. The Labute approximate surface area is 128 Å². The minimum Gasteiger partial charge on any atom is -0.490 e. The zero-order chi connectivity index (χ0) is 15.1. The maximum Gasteiger partial charge on any atom is 0.127 e. The Bertz CT molecular complexity index is 427. The monoisotopic (exact) mass is 293 g/mol. The molecule has 1 fully saturated rings. The minimum atomic E-state index is -0.206. The molecule has 0 heterocycles. The summed E-state index contributed by atoms with van der Waals surface area (Å²) in [6, 6.07) is 5.07. The summed E-state index contributed by atoms with van der Waals surface area (Å²) >= 11 is 0. The van der Waals surface area contributed by atoms with Gasteiger partial charge in [-0.2, -0.15) is 0 Å². The van der Waals surface area contributed by atoms with E-state index in [1.54, 1.807) is 6.07 Å². The molecule has 0 radical (unpaired) electrons. The quantitative estimate of drug-likeness (QED) is 0.737. The number of hydrogen-bond donors (Lipinski definition) is 1. The molecule has 3 heteroatoms. The van der Waals surface area contributed by atoms with Crippen molar-refractivity contribution in [2.45, 2.75) is 65.0 Å². The third-order valence-corrected chi connectivity index (χ3v) is 4.36. The highest BCUT2D eigenvalue weighted by atomic mass is 19.1. The van der Waals surface area contributed by atoms with Crippen molar-refractivity contribution >= 4 is 0 Å². The van der Waals surface area contributed by atoms with Crippen LogP contribution in [0.4, 0.5) is 4.39 Å². The fourth-order valence-corrected chi connectivity index (χ4v) is 3.05. The maximum absolute atomic E-state index is 13.7. The average molecular weight is 293 g/mol. The smallest absolute Gasteiger partial charge is 0.127 e. The number of hydrogen-bond acceptors (Lipinski definition) is 2. The highest BCUT2D eigenvalue weighted by Crippen LogP contribution is 2.29. The highest BCUT2D eigenvalue weighted by Gasteiger charge is 2.21. The Balaban J connectivity index is 1.90. The maximum atomic E-state index is 13.7. The molecule has 2 rings (SSSR count). The zero-order valence-electron chi connectivity index (χ0n) is 13.3. The molecule has 1 aliphatic rings. The number of nitrogens with one attached hydrogen (secondary N) is 1. The second kappa shape index (κ2) is 8.38. The summed E-state index contributed by atoms with van der Waals surface area (Å²) in [5, 5.41) is 3.30. The van der Waals surface area contributed by atoms with Gasteiger partial charge in [0, 0.05) is 12.6 Å². The second-order valence-electron chi connectivity index (χ2n) is 6.14. The van der Waals surface area contributed by atoms with E-state index in [2.05, 4.69) is 19.2 Å². The van der Waals surface area contributed by atoms with E-state index in [4.69, 9.17) is 4.74 Å². The number of benzene rings is 1. The van der Waals surface area contributed by atoms with Crippen LogP contribution in [0.1, 0.15) is 57.9 Å². The van der Waals surface area contributed by atoms with Gasteiger partial charge < -0.3 is 10.1 Å². The molecule has 0 aromatic heterocycles. The van der Waals surface area contributed by atoms with Gasteiger partial charge in [-0.15, -0.1) is 0 Å². The lowest BCUT2D eigenvalue weighted by molar-refractivity contribution is 0.129. The first-order valence-electron chi connectivity index (χ1n) is 8.38. The van der Waals surface area contributed by atoms with Gasteiger partial charge in [0.2, 0.25) is 0 Å². The van der Waals surface area contributed by atoms with Crippen molar-refractivity contribution in [3.63, 3.8) is 0 Å². The van der Waals surface area contributed by atoms with Crippen LogP contribution in [-0.4, -0.2) is 12.6 Å². The predicted octanol–water partition coefficient (Wildman–Crippen LogP) is 4.67. The van der Waals surface area contributed by atoms with Gasteiger partial charge in [-0.3, -0.25) is 0 Å². The van der Waals surface area contributed by atoms with Crippen LogP contribution < -0.4 is 10.1 Å². The van der Waals surface area contributed by atoms with Crippen LogP contribution in [0.5, 0.6) is 5.75 Å². The van der Waals surface area contributed by atoms with Crippen LogP contribution in [0, 0.1) is 11.7 Å². The van der Waals surface area contributed by atoms with Crippen LogP contribution in [0.15, 0.2) is 18.2 Å². The summed E-state index contributed by atoms with van der Waals surface area (Å²) in [5.41, 5.74) is 0.959. The molecule has 118 valence electrons. The molecule has 1 aromatic carbocycles.